The Balaban J connectivity index is 1.84. The molecule has 0 spiro atoms. The van der Waals surface area contributed by atoms with Crippen LogP contribution in [0.2, 0.25) is 0 Å². The molecule has 0 saturated carbocycles. The molecule has 1 fully saturated rings. The first-order valence-electron chi connectivity index (χ1n) is 8.76. The van der Waals surface area contributed by atoms with Gasteiger partial charge >= 0.3 is 5.97 Å². The molecule has 1 aliphatic carbocycles. The third-order valence-electron chi connectivity index (χ3n) is 5.23. The number of rotatable bonds is 4. The van der Waals surface area contributed by atoms with Crippen molar-refractivity contribution in [3.05, 3.63) is 22.5 Å². The van der Waals surface area contributed by atoms with Gasteiger partial charge in [0.1, 0.15) is 5.69 Å². The van der Waals surface area contributed by atoms with E-state index >= 15 is 0 Å². The minimum absolute atomic E-state index is 0.0298. The van der Waals surface area contributed by atoms with Crippen molar-refractivity contribution in [2.45, 2.75) is 64.3 Å². The maximum atomic E-state index is 13.0. The summed E-state index contributed by atoms with van der Waals surface area (Å²) in [6, 6.07) is -0.0298. The fourth-order valence-electron chi connectivity index (χ4n) is 3.99. The van der Waals surface area contributed by atoms with Crippen LogP contribution in [0.3, 0.4) is 0 Å². The van der Waals surface area contributed by atoms with Crippen LogP contribution < -0.4 is 0 Å². The number of carboxylic acid groups (broad SMARTS) is 1. The standard InChI is InChI=1S/C18H24N2O4/c1-11-16-13(6-4-7-14(16)21)19-17(11)18(24)20-10-3-2-5-12(20)8-9-15(22)23/h12,19H,2-10H2,1H3,(H,22,23). The molecule has 0 aromatic carbocycles. The lowest BCUT2D eigenvalue weighted by molar-refractivity contribution is -0.137. The van der Waals surface area contributed by atoms with E-state index in [9.17, 15) is 14.4 Å². The van der Waals surface area contributed by atoms with Gasteiger partial charge in [-0.2, -0.15) is 0 Å². The SMILES string of the molecule is Cc1c(C(=O)N2CCCCC2CCC(=O)O)[nH]c2c1C(=O)CCC2. The summed E-state index contributed by atoms with van der Waals surface area (Å²) in [5.41, 5.74) is 2.84. The van der Waals surface area contributed by atoms with Gasteiger partial charge in [-0.05, 0) is 51.0 Å². The van der Waals surface area contributed by atoms with E-state index in [2.05, 4.69) is 4.98 Å². The Labute approximate surface area is 141 Å². The van der Waals surface area contributed by atoms with Gasteiger partial charge in [-0.3, -0.25) is 14.4 Å². The fourth-order valence-corrected chi connectivity index (χ4v) is 3.99. The number of piperidine rings is 1. The van der Waals surface area contributed by atoms with Crippen molar-refractivity contribution in [2.24, 2.45) is 0 Å². The van der Waals surface area contributed by atoms with E-state index in [1.165, 1.54) is 0 Å². The quantitative estimate of drug-likeness (QED) is 0.887. The predicted octanol–water partition coefficient (Wildman–Crippen LogP) is 2.70. The first kappa shape index (κ1) is 16.7. The van der Waals surface area contributed by atoms with Crippen LogP contribution in [0.5, 0.6) is 0 Å². The molecule has 6 heteroatoms. The number of fused-ring (bicyclic) bond motifs is 1. The van der Waals surface area contributed by atoms with Gasteiger partial charge in [-0.15, -0.1) is 0 Å². The monoisotopic (exact) mass is 332 g/mol. The lowest BCUT2D eigenvalue weighted by Crippen LogP contribution is -2.44. The average molecular weight is 332 g/mol. The van der Waals surface area contributed by atoms with Gasteiger partial charge in [0.05, 0.1) is 0 Å². The molecule has 0 bridgehead atoms. The minimum atomic E-state index is -0.829. The number of ketones is 1. The van der Waals surface area contributed by atoms with Crippen molar-refractivity contribution in [3.8, 4) is 0 Å². The van der Waals surface area contributed by atoms with Gasteiger partial charge in [0, 0.05) is 36.7 Å². The summed E-state index contributed by atoms with van der Waals surface area (Å²) in [6.07, 6.45) is 5.54. The third kappa shape index (κ3) is 3.09. The predicted molar refractivity (Wildman–Crippen MR) is 88.3 cm³/mol. The molecule has 24 heavy (non-hydrogen) atoms. The Morgan fingerprint density at radius 3 is 2.75 bits per heavy atom. The summed E-state index contributed by atoms with van der Waals surface area (Å²) < 4.78 is 0. The van der Waals surface area contributed by atoms with Crippen LogP contribution in [0.15, 0.2) is 0 Å². The summed E-state index contributed by atoms with van der Waals surface area (Å²) in [6.45, 7) is 2.49. The van der Waals surface area contributed by atoms with Crippen LogP contribution in [0, 0.1) is 6.92 Å². The number of Topliss-reactive ketones (excluding diaryl/α,β-unsaturated/α-hetero) is 1. The van der Waals surface area contributed by atoms with Crippen LogP contribution in [0.4, 0.5) is 0 Å². The van der Waals surface area contributed by atoms with Gasteiger partial charge in [-0.25, -0.2) is 0 Å². The molecule has 1 aromatic rings. The van der Waals surface area contributed by atoms with Crippen molar-refractivity contribution in [1.29, 1.82) is 0 Å². The number of H-pyrrole nitrogens is 1. The summed E-state index contributed by atoms with van der Waals surface area (Å²) in [7, 11) is 0. The van der Waals surface area contributed by atoms with Crippen LogP contribution >= 0.6 is 0 Å². The maximum Gasteiger partial charge on any atom is 0.303 e. The zero-order chi connectivity index (χ0) is 17.3. The Morgan fingerprint density at radius 1 is 1.25 bits per heavy atom. The van der Waals surface area contributed by atoms with E-state index < -0.39 is 5.97 Å². The first-order chi connectivity index (χ1) is 11.5. The molecule has 1 unspecified atom stereocenters. The highest BCUT2D eigenvalue weighted by molar-refractivity contribution is 6.04. The van der Waals surface area contributed by atoms with Crippen LogP contribution in [-0.2, 0) is 11.2 Å². The average Bonchev–Trinajstić information content (AvgIpc) is 2.91. The zero-order valence-electron chi connectivity index (χ0n) is 14.1. The third-order valence-corrected chi connectivity index (χ3v) is 5.23. The van der Waals surface area contributed by atoms with Crippen molar-refractivity contribution in [2.75, 3.05) is 6.54 Å². The van der Waals surface area contributed by atoms with Crippen LogP contribution in [0.1, 0.15) is 77.0 Å². The van der Waals surface area contributed by atoms with Gasteiger partial charge < -0.3 is 15.0 Å². The van der Waals surface area contributed by atoms with Crippen molar-refractivity contribution in [3.63, 3.8) is 0 Å². The second-order valence-corrected chi connectivity index (χ2v) is 6.84. The maximum absolute atomic E-state index is 13.0. The largest absolute Gasteiger partial charge is 0.481 e. The molecule has 1 aromatic heterocycles. The molecule has 1 saturated heterocycles. The molecule has 1 amide bonds. The Kier molecular flexibility index (Phi) is 4.73. The number of carbonyl (C=O) groups is 3. The smallest absolute Gasteiger partial charge is 0.303 e. The second-order valence-electron chi connectivity index (χ2n) is 6.84. The van der Waals surface area contributed by atoms with Gasteiger partial charge in [-0.1, -0.05) is 0 Å². The first-order valence-corrected chi connectivity index (χ1v) is 8.76. The number of aliphatic carboxylic acids is 1. The number of hydrogen-bond donors (Lipinski definition) is 2. The molecule has 2 aliphatic rings. The fraction of sp³-hybridized carbons (Fsp3) is 0.611. The van der Waals surface area contributed by atoms with Crippen molar-refractivity contribution in [1.82, 2.24) is 9.88 Å². The number of nitrogens with one attached hydrogen (secondary N) is 1. The van der Waals surface area contributed by atoms with Gasteiger partial charge in [0.15, 0.2) is 5.78 Å². The van der Waals surface area contributed by atoms with E-state index in [0.717, 1.165) is 43.4 Å². The highest BCUT2D eigenvalue weighted by Gasteiger charge is 2.32. The van der Waals surface area contributed by atoms with Gasteiger partial charge in [0.2, 0.25) is 0 Å². The number of hydrogen-bond acceptors (Lipinski definition) is 3. The lowest BCUT2D eigenvalue weighted by atomic mass is 9.93. The Morgan fingerprint density at radius 2 is 2.04 bits per heavy atom. The van der Waals surface area contributed by atoms with Crippen molar-refractivity contribution >= 4 is 17.7 Å². The highest BCUT2D eigenvalue weighted by Crippen LogP contribution is 2.29. The van der Waals surface area contributed by atoms with E-state index in [1.807, 2.05) is 6.92 Å². The number of amides is 1. The molecule has 1 aliphatic heterocycles. The molecule has 1 atom stereocenters. The normalized spacial score (nSPS) is 20.8. The van der Waals surface area contributed by atoms with E-state index in [4.69, 9.17) is 5.11 Å². The molecular formula is C18H24N2O4. The molecule has 130 valence electrons. The number of aryl methyl sites for hydroxylation is 1. The molecule has 2 heterocycles. The summed E-state index contributed by atoms with van der Waals surface area (Å²) >= 11 is 0. The Bertz CT molecular complexity index is 677. The number of carboxylic acids is 1. The minimum Gasteiger partial charge on any atom is -0.481 e. The number of carbonyl (C=O) groups excluding carboxylic acids is 2. The van der Waals surface area contributed by atoms with Crippen LogP contribution in [-0.4, -0.2) is 45.2 Å². The lowest BCUT2D eigenvalue weighted by Gasteiger charge is -2.35. The highest BCUT2D eigenvalue weighted by atomic mass is 16.4. The summed E-state index contributed by atoms with van der Waals surface area (Å²) in [5.74, 6) is -0.806. The molecule has 2 N–H and O–H groups in total. The van der Waals surface area contributed by atoms with Crippen molar-refractivity contribution < 1.29 is 19.5 Å². The Hall–Kier alpha value is -2.11. The molecular weight excluding hydrogens is 308 g/mol. The molecule has 6 nitrogen and oxygen atoms in total. The summed E-state index contributed by atoms with van der Waals surface area (Å²) in [5, 5.41) is 8.92. The topological polar surface area (TPSA) is 90.5 Å². The second kappa shape index (κ2) is 6.79. The zero-order valence-corrected chi connectivity index (χ0v) is 14.1. The number of aromatic nitrogens is 1. The van der Waals surface area contributed by atoms with E-state index in [1.54, 1.807) is 4.90 Å². The number of likely N-dealkylation sites (tertiary alicyclic amines) is 1. The molecule has 0 radical (unpaired) electrons. The van der Waals surface area contributed by atoms with E-state index in [-0.39, 0.29) is 24.2 Å². The summed E-state index contributed by atoms with van der Waals surface area (Å²) in [4.78, 5) is 41.0. The van der Waals surface area contributed by atoms with Crippen LogP contribution in [0.25, 0.3) is 0 Å². The molecule has 3 rings (SSSR count). The van der Waals surface area contributed by atoms with Gasteiger partial charge in [0.25, 0.3) is 5.91 Å². The number of aromatic amines is 1. The number of nitrogens with zero attached hydrogens (tertiary/aromatic N) is 1. The van der Waals surface area contributed by atoms with E-state index in [0.29, 0.717) is 30.6 Å².